The Kier molecular flexibility index (Phi) is 4.67. The number of hydrogen-bond acceptors (Lipinski definition) is 6. The lowest BCUT2D eigenvalue weighted by Gasteiger charge is -2.07. The summed E-state index contributed by atoms with van der Waals surface area (Å²) in [4.78, 5) is 24.2. The second kappa shape index (κ2) is 6.15. The summed E-state index contributed by atoms with van der Waals surface area (Å²) in [6.07, 6.45) is 0.350. The zero-order valence-corrected chi connectivity index (χ0v) is 13.5. The van der Waals surface area contributed by atoms with E-state index < -0.39 is 21.7 Å². The Hall–Kier alpha value is -1.41. The molecular formula is C13H17NO5S2. The molecule has 1 aromatic heterocycles. The van der Waals surface area contributed by atoms with Crippen LogP contribution in [0.3, 0.4) is 0 Å². The normalized spacial score (nSPS) is 20.2. The molecule has 116 valence electrons. The smallest absolute Gasteiger partial charge is 0.348 e. The largest absolute Gasteiger partial charge is 0.462 e. The van der Waals surface area contributed by atoms with Crippen molar-refractivity contribution in [3.05, 3.63) is 16.5 Å². The highest BCUT2D eigenvalue weighted by Gasteiger charge is 2.33. The summed E-state index contributed by atoms with van der Waals surface area (Å²) in [5.74, 6) is -1.28. The number of aryl methyl sites for hydroxylation is 1. The number of anilines is 1. The van der Waals surface area contributed by atoms with Gasteiger partial charge in [0.2, 0.25) is 5.91 Å². The standard InChI is InChI=1S/C13H17NO5S2/c1-3-19-13(16)11-8(2)6-10(20-11)14-12(15)9-4-5-21(17,18)7-9/h6,9H,3-5,7H2,1-2H3,(H,14,15). The summed E-state index contributed by atoms with van der Waals surface area (Å²) in [6.45, 7) is 3.78. The average Bonchev–Trinajstić information content (AvgIpc) is 2.92. The van der Waals surface area contributed by atoms with Gasteiger partial charge in [0.25, 0.3) is 0 Å². The highest BCUT2D eigenvalue weighted by molar-refractivity contribution is 7.91. The number of thiophene rings is 1. The summed E-state index contributed by atoms with van der Waals surface area (Å²) >= 11 is 1.14. The van der Waals surface area contributed by atoms with Crippen molar-refractivity contribution in [1.29, 1.82) is 0 Å². The summed E-state index contributed by atoms with van der Waals surface area (Å²) in [5.41, 5.74) is 0.729. The van der Waals surface area contributed by atoms with Gasteiger partial charge in [-0.25, -0.2) is 13.2 Å². The van der Waals surface area contributed by atoms with Crippen LogP contribution in [-0.4, -0.2) is 38.4 Å². The van der Waals surface area contributed by atoms with E-state index in [0.717, 1.165) is 16.9 Å². The summed E-state index contributed by atoms with van der Waals surface area (Å²) in [5, 5.41) is 3.22. The van der Waals surface area contributed by atoms with Crippen molar-refractivity contribution in [3.63, 3.8) is 0 Å². The lowest BCUT2D eigenvalue weighted by Crippen LogP contribution is -2.23. The van der Waals surface area contributed by atoms with E-state index >= 15 is 0 Å². The number of carbonyl (C=O) groups is 2. The highest BCUT2D eigenvalue weighted by atomic mass is 32.2. The van der Waals surface area contributed by atoms with E-state index in [0.29, 0.717) is 16.3 Å². The highest BCUT2D eigenvalue weighted by Crippen LogP contribution is 2.29. The van der Waals surface area contributed by atoms with Gasteiger partial charge < -0.3 is 10.1 Å². The van der Waals surface area contributed by atoms with Crippen LogP contribution in [0.25, 0.3) is 0 Å². The number of hydrogen-bond donors (Lipinski definition) is 1. The van der Waals surface area contributed by atoms with E-state index in [1.165, 1.54) is 0 Å². The summed E-state index contributed by atoms with van der Waals surface area (Å²) in [7, 11) is -3.09. The molecule has 8 heteroatoms. The van der Waals surface area contributed by atoms with E-state index in [1.807, 2.05) is 0 Å². The third-order valence-electron chi connectivity index (χ3n) is 3.23. The minimum Gasteiger partial charge on any atom is -0.462 e. The molecule has 1 aromatic rings. The van der Waals surface area contributed by atoms with E-state index in [2.05, 4.69) is 5.32 Å². The van der Waals surface area contributed by atoms with Gasteiger partial charge in [-0.05, 0) is 31.9 Å². The minimum atomic E-state index is -3.09. The first kappa shape index (κ1) is 16.0. The summed E-state index contributed by atoms with van der Waals surface area (Å²) in [6, 6.07) is 1.69. The van der Waals surface area contributed by atoms with Crippen LogP contribution in [-0.2, 0) is 19.4 Å². The third kappa shape index (κ3) is 3.82. The van der Waals surface area contributed by atoms with Gasteiger partial charge >= 0.3 is 5.97 Å². The maximum atomic E-state index is 12.0. The Bertz CT molecular complexity index is 662. The molecule has 0 radical (unpaired) electrons. The zero-order valence-electron chi connectivity index (χ0n) is 11.8. The van der Waals surface area contributed by atoms with Crippen molar-refractivity contribution in [2.75, 3.05) is 23.4 Å². The molecule has 0 spiro atoms. The molecule has 0 saturated carbocycles. The van der Waals surface area contributed by atoms with Crippen molar-refractivity contribution in [2.45, 2.75) is 20.3 Å². The van der Waals surface area contributed by atoms with E-state index in [-0.39, 0.29) is 24.0 Å². The maximum Gasteiger partial charge on any atom is 0.348 e. The molecular weight excluding hydrogens is 314 g/mol. The third-order valence-corrected chi connectivity index (χ3v) is 6.13. The van der Waals surface area contributed by atoms with Gasteiger partial charge in [-0.15, -0.1) is 11.3 Å². The second-order valence-electron chi connectivity index (χ2n) is 4.93. The quantitative estimate of drug-likeness (QED) is 0.847. The molecule has 1 amide bonds. The van der Waals surface area contributed by atoms with Gasteiger partial charge in [-0.3, -0.25) is 4.79 Å². The molecule has 1 unspecified atom stereocenters. The molecule has 1 aliphatic heterocycles. The fraction of sp³-hybridized carbons (Fsp3) is 0.538. The fourth-order valence-electron chi connectivity index (χ4n) is 2.17. The molecule has 0 bridgehead atoms. The Morgan fingerprint density at radius 2 is 2.19 bits per heavy atom. The van der Waals surface area contributed by atoms with Gasteiger partial charge in [-0.1, -0.05) is 0 Å². The van der Waals surface area contributed by atoms with Gasteiger partial charge in [0, 0.05) is 0 Å². The number of nitrogens with one attached hydrogen (secondary N) is 1. The van der Waals surface area contributed by atoms with Gasteiger partial charge in [0.1, 0.15) is 4.88 Å². The minimum absolute atomic E-state index is 0.0582. The van der Waals surface area contributed by atoms with Crippen LogP contribution in [0.15, 0.2) is 6.07 Å². The number of ether oxygens (including phenoxy) is 1. The van der Waals surface area contributed by atoms with Crippen LogP contribution in [0.5, 0.6) is 0 Å². The van der Waals surface area contributed by atoms with E-state index in [9.17, 15) is 18.0 Å². The number of esters is 1. The van der Waals surface area contributed by atoms with Crippen molar-refractivity contribution < 1.29 is 22.7 Å². The Morgan fingerprint density at radius 3 is 2.76 bits per heavy atom. The van der Waals surface area contributed by atoms with Crippen molar-refractivity contribution in [2.24, 2.45) is 5.92 Å². The molecule has 1 saturated heterocycles. The zero-order chi connectivity index (χ0) is 15.6. The number of rotatable bonds is 4. The first-order valence-electron chi connectivity index (χ1n) is 6.61. The maximum absolute atomic E-state index is 12.0. The number of sulfone groups is 1. The molecule has 21 heavy (non-hydrogen) atoms. The van der Waals surface area contributed by atoms with Crippen LogP contribution in [0.2, 0.25) is 0 Å². The van der Waals surface area contributed by atoms with Crippen molar-refractivity contribution in [1.82, 2.24) is 0 Å². The molecule has 1 fully saturated rings. The molecule has 0 aliphatic carbocycles. The predicted molar refractivity (Wildman–Crippen MR) is 80.4 cm³/mol. The molecule has 1 aliphatic rings. The lowest BCUT2D eigenvalue weighted by molar-refractivity contribution is -0.119. The Morgan fingerprint density at radius 1 is 1.48 bits per heavy atom. The SMILES string of the molecule is CCOC(=O)c1sc(NC(=O)C2CCS(=O)(=O)C2)cc1C. The molecule has 6 nitrogen and oxygen atoms in total. The van der Waals surface area contributed by atoms with Crippen LogP contribution in [0.4, 0.5) is 5.00 Å². The summed E-state index contributed by atoms with van der Waals surface area (Å²) < 4.78 is 27.7. The number of amides is 1. The van der Waals surface area contributed by atoms with Crippen LogP contribution >= 0.6 is 11.3 Å². The van der Waals surface area contributed by atoms with Crippen molar-refractivity contribution >= 4 is 38.1 Å². The second-order valence-corrected chi connectivity index (χ2v) is 8.21. The first-order chi connectivity index (χ1) is 9.82. The van der Waals surface area contributed by atoms with Gasteiger partial charge in [-0.2, -0.15) is 0 Å². The van der Waals surface area contributed by atoms with E-state index in [1.54, 1.807) is 19.9 Å². The molecule has 2 rings (SSSR count). The topological polar surface area (TPSA) is 89.5 Å². The van der Waals surface area contributed by atoms with Crippen LogP contribution < -0.4 is 5.32 Å². The fourth-order valence-corrected chi connectivity index (χ4v) is 4.88. The van der Waals surface area contributed by atoms with Crippen LogP contribution in [0.1, 0.15) is 28.6 Å². The average molecular weight is 331 g/mol. The predicted octanol–water partition coefficient (Wildman–Crippen LogP) is 1.61. The Balaban J connectivity index is 2.05. The molecule has 1 atom stereocenters. The Labute approximate surface area is 127 Å². The molecule has 2 heterocycles. The van der Waals surface area contributed by atoms with Gasteiger partial charge in [0.15, 0.2) is 9.84 Å². The van der Waals surface area contributed by atoms with Crippen molar-refractivity contribution in [3.8, 4) is 0 Å². The molecule has 1 N–H and O–H groups in total. The first-order valence-corrected chi connectivity index (χ1v) is 9.25. The van der Waals surface area contributed by atoms with E-state index in [4.69, 9.17) is 4.74 Å². The number of carbonyl (C=O) groups excluding carboxylic acids is 2. The van der Waals surface area contributed by atoms with Crippen LogP contribution in [0, 0.1) is 12.8 Å². The monoisotopic (exact) mass is 331 g/mol. The lowest BCUT2D eigenvalue weighted by atomic mass is 10.1. The van der Waals surface area contributed by atoms with Gasteiger partial charge in [0.05, 0.1) is 29.0 Å². The molecule has 0 aromatic carbocycles.